The molecule has 0 saturated heterocycles. The number of hydrogen-bond acceptors (Lipinski definition) is 7. The van der Waals surface area contributed by atoms with Crippen LogP contribution in [-0.4, -0.2) is 27.1 Å². The number of aromatic hydroxyl groups is 1. The summed E-state index contributed by atoms with van der Waals surface area (Å²) in [6, 6.07) is 5.89. The molecule has 1 aromatic carbocycles. The first-order chi connectivity index (χ1) is 12.5. The number of benzene rings is 1. The quantitative estimate of drug-likeness (QED) is 0.574. The van der Waals surface area contributed by atoms with Crippen molar-refractivity contribution < 1.29 is 19.1 Å². The number of phenols is 1. The average molecular weight is 393 g/mol. The van der Waals surface area contributed by atoms with Crippen LogP contribution in [0, 0.1) is 0 Å². The van der Waals surface area contributed by atoms with Crippen LogP contribution in [-0.2, 0) is 11.2 Å². The minimum Gasteiger partial charge on any atom is -0.507 e. The third-order valence-corrected chi connectivity index (χ3v) is 4.24. The number of nitrogens with zero attached hydrogens (tertiary/aromatic N) is 2. The van der Waals surface area contributed by atoms with Gasteiger partial charge >= 0.3 is 0 Å². The van der Waals surface area contributed by atoms with E-state index in [4.69, 9.17) is 16.0 Å². The summed E-state index contributed by atoms with van der Waals surface area (Å²) in [5.74, 6) is -0.662. The highest BCUT2D eigenvalue weighted by Crippen LogP contribution is 2.21. The summed E-state index contributed by atoms with van der Waals surface area (Å²) in [6.45, 7) is 0. The van der Waals surface area contributed by atoms with Crippen LogP contribution in [0.5, 0.6) is 5.75 Å². The molecule has 26 heavy (non-hydrogen) atoms. The molecule has 2 heterocycles. The third-order valence-electron chi connectivity index (χ3n) is 3.32. The van der Waals surface area contributed by atoms with Gasteiger partial charge in [-0.1, -0.05) is 11.6 Å². The summed E-state index contributed by atoms with van der Waals surface area (Å²) in [7, 11) is 0. The lowest BCUT2D eigenvalue weighted by Crippen LogP contribution is -2.41. The second-order valence-corrected chi connectivity index (χ2v) is 6.39. The Morgan fingerprint density at radius 3 is 2.85 bits per heavy atom. The van der Waals surface area contributed by atoms with Gasteiger partial charge in [0.2, 0.25) is 17.7 Å². The van der Waals surface area contributed by atoms with E-state index in [-0.39, 0.29) is 29.2 Å². The molecule has 0 unspecified atom stereocenters. The van der Waals surface area contributed by atoms with Crippen molar-refractivity contribution in [1.29, 1.82) is 0 Å². The first kappa shape index (κ1) is 17.9. The minimum atomic E-state index is -0.684. The number of phenolic OH excluding ortho intramolecular Hbond substituents is 1. The van der Waals surface area contributed by atoms with Crippen molar-refractivity contribution >= 4 is 34.8 Å². The minimum absolute atomic E-state index is 0.0348. The molecule has 3 N–H and O–H groups in total. The number of rotatable bonds is 5. The van der Waals surface area contributed by atoms with E-state index >= 15 is 0 Å². The molecule has 3 rings (SSSR count). The number of aryl methyl sites for hydroxylation is 1. The highest BCUT2D eigenvalue weighted by molar-refractivity contribution is 7.08. The van der Waals surface area contributed by atoms with E-state index in [0.29, 0.717) is 11.8 Å². The normalized spacial score (nSPS) is 10.5. The zero-order valence-corrected chi connectivity index (χ0v) is 14.8. The Bertz CT molecular complexity index is 926. The molecule has 2 amide bonds. The molecule has 0 radical (unpaired) electrons. The third kappa shape index (κ3) is 4.38. The molecule has 0 bridgehead atoms. The Balaban J connectivity index is 1.49. The molecule has 0 spiro atoms. The van der Waals surface area contributed by atoms with Gasteiger partial charge in [0, 0.05) is 28.8 Å². The maximum Gasteiger partial charge on any atom is 0.273 e. The number of hydrazine groups is 1. The molecule has 0 aliphatic carbocycles. The van der Waals surface area contributed by atoms with Crippen molar-refractivity contribution in [2.24, 2.45) is 0 Å². The van der Waals surface area contributed by atoms with Gasteiger partial charge in [0.1, 0.15) is 5.75 Å². The van der Waals surface area contributed by atoms with Gasteiger partial charge in [-0.25, -0.2) is 0 Å². The molecule has 0 aliphatic rings. The van der Waals surface area contributed by atoms with Gasteiger partial charge in [-0.2, -0.15) is 11.3 Å². The van der Waals surface area contributed by atoms with Crippen molar-refractivity contribution in [2.45, 2.75) is 12.8 Å². The van der Waals surface area contributed by atoms with Crippen LogP contribution in [0.4, 0.5) is 0 Å². The van der Waals surface area contributed by atoms with Crippen LogP contribution < -0.4 is 10.9 Å². The summed E-state index contributed by atoms with van der Waals surface area (Å²) in [6.07, 6.45) is 0.258. The van der Waals surface area contributed by atoms with Crippen LogP contribution in [0.2, 0.25) is 5.02 Å². The highest BCUT2D eigenvalue weighted by Gasteiger charge is 2.14. The van der Waals surface area contributed by atoms with Gasteiger partial charge in [0.25, 0.3) is 5.91 Å². The van der Waals surface area contributed by atoms with Crippen molar-refractivity contribution in [3.8, 4) is 17.2 Å². The zero-order valence-electron chi connectivity index (χ0n) is 13.2. The SMILES string of the molecule is O=C(CCc1nnc(-c2ccsc2)o1)NNC(=O)c1cc(Cl)ccc1O. The van der Waals surface area contributed by atoms with E-state index in [0.717, 1.165) is 5.56 Å². The van der Waals surface area contributed by atoms with Crippen LogP contribution >= 0.6 is 22.9 Å². The number of carbonyl (C=O) groups is 2. The van der Waals surface area contributed by atoms with Crippen LogP contribution in [0.25, 0.3) is 11.5 Å². The zero-order chi connectivity index (χ0) is 18.5. The Morgan fingerprint density at radius 1 is 1.23 bits per heavy atom. The molecule has 0 atom stereocenters. The first-order valence-corrected chi connectivity index (χ1v) is 8.77. The van der Waals surface area contributed by atoms with Gasteiger partial charge in [-0.3, -0.25) is 20.4 Å². The number of carbonyl (C=O) groups excluding carboxylic acids is 2. The number of aromatic nitrogens is 2. The Morgan fingerprint density at radius 2 is 2.08 bits per heavy atom. The van der Waals surface area contributed by atoms with Gasteiger partial charge < -0.3 is 9.52 Å². The van der Waals surface area contributed by atoms with Gasteiger partial charge in [0.15, 0.2) is 0 Å². The summed E-state index contributed by atoms with van der Waals surface area (Å²) in [5.41, 5.74) is 5.24. The number of hydrogen-bond donors (Lipinski definition) is 3. The number of halogens is 1. The maximum atomic E-state index is 11.9. The Hall–Kier alpha value is -2.91. The summed E-state index contributed by atoms with van der Waals surface area (Å²) in [5, 5.41) is 21.5. The number of nitrogens with one attached hydrogen (secondary N) is 2. The van der Waals surface area contributed by atoms with Gasteiger partial charge in [0.05, 0.1) is 5.56 Å². The fourth-order valence-corrected chi connectivity index (χ4v) is 2.83. The van der Waals surface area contributed by atoms with E-state index in [1.807, 2.05) is 16.8 Å². The second-order valence-electron chi connectivity index (χ2n) is 5.18. The van der Waals surface area contributed by atoms with Crippen LogP contribution in [0.15, 0.2) is 39.4 Å². The predicted molar refractivity (Wildman–Crippen MR) is 94.7 cm³/mol. The molecule has 0 fully saturated rings. The van der Waals surface area contributed by atoms with Crippen LogP contribution in [0.3, 0.4) is 0 Å². The van der Waals surface area contributed by atoms with Gasteiger partial charge in [-0.05, 0) is 29.6 Å². The lowest BCUT2D eigenvalue weighted by molar-refractivity contribution is -0.121. The summed E-state index contributed by atoms with van der Waals surface area (Å²) >= 11 is 7.29. The molecule has 2 aromatic heterocycles. The lowest BCUT2D eigenvalue weighted by Gasteiger charge is -2.08. The fraction of sp³-hybridized carbons (Fsp3) is 0.125. The molecule has 8 nitrogen and oxygen atoms in total. The lowest BCUT2D eigenvalue weighted by atomic mass is 10.2. The molecular weight excluding hydrogens is 380 g/mol. The molecular formula is C16H13ClN4O4S. The smallest absolute Gasteiger partial charge is 0.273 e. The standard InChI is InChI=1S/C16H13ClN4O4S/c17-10-1-2-12(22)11(7-10)15(24)20-18-13(23)3-4-14-19-21-16(25-14)9-5-6-26-8-9/h1-2,5-8,22H,3-4H2,(H,18,23)(H,20,24). The van der Waals surface area contributed by atoms with E-state index in [9.17, 15) is 14.7 Å². The predicted octanol–water partition coefficient (Wildman–Crippen LogP) is 2.55. The monoisotopic (exact) mass is 392 g/mol. The molecule has 3 aromatic rings. The Kier molecular flexibility index (Phi) is 5.49. The average Bonchev–Trinajstić information content (AvgIpc) is 3.31. The molecule has 10 heteroatoms. The highest BCUT2D eigenvalue weighted by atomic mass is 35.5. The van der Waals surface area contributed by atoms with E-state index in [2.05, 4.69) is 21.0 Å². The molecule has 134 valence electrons. The second kappa shape index (κ2) is 7.98. The Labute approximate surface area is 156 Å². The topological polar surface area (TPSA) is 117 Å². The number of amides is 2. The van der Waals surface area contributed by atoms with Crippen molar-refractivity contribution in [2.75, 3.05) is 0 Å². The molecule has 0 aliphatic heterocycles. The molecule has 0 saturated carbocycles. The van der Waals surface area contributed by atoms with E-state index < -0.39 is 11.8 Å². The van der Waals surface area contributed by atoms with E-state index in [1.54, 1.807) is 0 Å². The first-order valence-electron chi connectivity index (χ1n) is 7.45. The number of thiophene rings is 1. The fourth-order valence-electron chi connectivity index (χ4n) is 2.02. The van der Waals surface area contributed by atoms with Crippen molar-refractivity contribution in [1.82, 2.24) is 21.0 Å². The van der Waals surface area contributed by atoms with Crippen LogP contribution in [0.1, 0.15) is 22.7 Å². The summed E-state index contributed by atoms with van der Waals surface area (Å²) < 4.78 is 5.47. The van der Waals surface area contributed by atoms with Crippen molar-refractivity contribution in [3.63, 3.8) is 0 Å². The maximum absolute atomic E-state index is 11.9. The van der Waals surface area contributed by atoms with E-state index in [1.165, 1.54) is 29.5 Å². The van der Waals surface area contributed by atoms with Gasteiger partial charge in [-0.15, -0.1) is 10.2 Å². The summed E-state index contributed by atoms with van der Waals surface area (Å²) in [4.78, 5) is 23.8. The largest absolute Gasteiger partial charge is 0.507 e. The van der Waals surface area contributed by atoms with Crippen molar-refractivity contribution in [3.05, 3.63) is 51.5 Å².